The van der Waals surface area contributed by atoms with Gasteiger partial charge in [-0.3, -0.25) is 14.2 Å². The Hall–Kier alpha value is -3.23. The van der Waals surface area contributed by atoms with E-state index in [1.165, 1.54) is 22.9 Å². The van der Waals surface area contributed by atoms with Gasteiger partial charge in [-0.05, 0) is 69.5 Å². The minimum absolute atomic E-state index is 0.0542. The van der Waals surface area contributed by atoms with Crippen LogP contribution < -0.4 is 10.1 Å². The number of aliphatic hydroxyl groups is 1. The van der Waals surface area contributed by atoms with E-state index in [4.69, 9.17) is 16.3 Å². The van der Waals surface area contributed by atoms with Crippen LogP contribution in [-0.4, -0.2) is 45.2 Å². The van der Waals surface area contributed by atoms with Crippen molar-refractivity contribution in [1.29, 1.82) is 0 Å². The fraction of sp³-hybridized carbons (Fsp3) is 0.370. The Morgan fingerprint density at radius 3 is 2.58 bits per heavy atom. The van der Waals surface area contributed by atoms with Gasteiger partial charge >= 0.3 is 0 Å². The van der Waals surface area contributed by atoms with Crippen molar-refractivity contribution >= 4 is 23.4 Å². The first-order valence-corrected chi connectivity index (χ1v) is 12.3. The van der Waals surface area contributed by atoms with Gasteiger partial charge in [-0.2, -0.15) is 0 Å². The molecule has 1 atom stereocenters. The lowest BCUT2D eigenvalue weighted by Crippen LogP contribution is -2.37. The molecule has 0 saturated carbocycles. The van der Waals surface area contributed by atoms with Crippen LogP contribution in [0.1, 0.15) is 60.2 Å². The highest BCUT2D eigenvalue weighted by molar-refractivity contribution is 6.32. The summed E-state index contributed by atoms with van der Waals surface area (Å²) in [4.78, 5) is 29.2. The Labute approximate surface area is 215 Å². The molecule has 1 amide bonds. The number of carbonyl (C=O) groups is 2. The smallest absolute Gasteiger partial charge is 0.251 e. The molecule has 0 fully saturated rings. The Morgan fingerprint density at radius 1 is 1.22 bits per heavy atom. The summed E-state index contributed by atoms with van der Waals surface area (Å²) < 4.78 is 22.0. The number of rotatable bonds is 10. The summed E-state index contributed by atoms with van der Waals surface area (Å²) in [6, 6.07) is 9.11. The van der Waals surface area contributed by atoms with Crippen molar-refractivity contribution in [2.75, 3.05) is 6.61 Å². The van der Waals surface area contributed by atoms with Crippen molar-refractivity contribution < 1.29 is 23.8 Å². The number of hydrogen-bond donors (Lipinski definition) is 2. The van der Waals surface area contributed by atoms with Crippen molar-refractivity contribution in [2.24, 2.45) is 0 Å². The van der Waals surface area contributed by atoms with Crippen LogP contribution >= 0.6 is 11.6 Å². The van der Waals surface area contributed by atoms with Crippen LogP contribution in [0.3, 0.4) is 0 Å². The van der Waals surface area contributed by atoms with Crippen molar-refractivity contribution in [2.45, 2.75) is 59.1 Å². The predicted molar refractivity (Wildman–Crippen MR) is 137 cm³/mol. The van der Waals surface area contributed by atoms with Crippen LogP contribution in [0.4, 0.5) is 4.39 Å². The molecule has 0 saturated heterocycles. The molecule has 0 radical (unpaired) electrons. The average Bonchev–Trinajstić information content (AvgIpc) is 3.21. The summed E-state index contributed by atoms with van der Waals surface area (Å²) in [6.45, 7) is 7.07. The highest BCUT2D eigenvalue weighted by atomic mass is 35.5. The standard InChI is InChI=1S/C27H31ClFN3O4/c1-5-26(34)32-15-24(30-17(32)4)21-8-6-18(13-23(21)29)12-20(10-11-33)31-27(35)19-7-9-25(22(28)14-19)36-16(2)3/h6-9,13-16,20,33H,5,10-12H2,1-4H3,(H,31,35)/t20-/m1/s1. The second kappa shape index (κ2) is 12.1. The second-order valence-electron chi connectivity index (χ2n) is 8.80. The number of ether oxygens (including phenoxy) is 1. The van der Waals surface area contributed by atoms with E-state index >= 15 is 0 Å². The Kier molecular flexibility index (Phi) is 9.23. The highest BCUT2D eigenvalue weighted by Gasteiger charge is 2.18. The normalized spacial score (nSPS) is 12.0. The largest absolute Gasteiger partial charge is 0.489 e. The third-order valence-electron chi connectivity index (χ3n) is 5.61. The number of aromatic nitrogens is 2. The molecule has 1 heterocycles. The van der Waals surface area contributed by atoms with Gasteiger partial charge in [-0.25, -0.2) is 9.37 Å². The van der Waals surface area contributed by atoms with Gasteiger partial charge in [0.15, 0.2) is 0 Å². The highest BCUT2D eigenvalue weighted by Crippen LogP contribution is 2.27. The van der Waals surface area contributed by atoms with Crippen LogP contribution in [0, 0.1) is 12.7 Å². The van der Waals surface area contributed by atoms with E-state index in [1.807, 2.05) is 13.8 Å². The Balaban J connectivity index is 1.74. The van der Waals surface area contributed by atoms with Gasteiger partial charge in [0.25, 0.3) is 5.91 Å². The first kappa shape index (κ1) is 27.4. The summed E-state index contributed by atoms with van der Waals surface area (Å²) >= 11 is 6.25. The van der Waals surface area contributed by atoms with Gasteiger partial charge in [-0.15, -0.1) is 0 Å². The molecule has 3 aromatic rings. The first-order chi connectivity index (χ1) is 17.1. The van der Waals surface area contributed by atoms with E-state index in [0.29, 0.717) is 52.7 Å². The van der Waals surface area contributed by atoms with E-state index < -0.39 is 11.9 Å². The van der Waals surface area contributed by atoms with Crippen molar-refractivity contribution in [1.82, 2.24) is 14.9 Å². The van der Waals surface area contributed by atoms with Gasteiger partial charge in [0.1, 0.15) is 17.4 Å². The lowest BCUT2D eigenvalue weighted by atomic mass is 10.0. The molecule has 0 bridgehead atoms. The summed E-state index contributed by atoms with van der Waals surface area (Å²) in [7, 11) is 0. The number of imidazole rings is 1. The molecular formula is C27H31ClFN3O4. The number of aryl methyl sites for hydroxylation is 1. The maximum Gasteiger partial charge on any atom is 0.251 e. The van der Waals surface area contributed by atoms with Crippen LogP contribution in [0.2, 0.25) is 5.02 Å². The van der Waals surface area contributed by atoms with Crippen LogP contribution in [0.25, 0.3) is 11.3 Å². The number of carbonyl (C=O) groups excluding carboxylic acids is 2. The topological polar surface area (TPSA) is 93.5 Å². The lowest BCUT2D eigenvalue weighted by Gasteiger charge is -2.19. The number of aliphatic hydroxyl groups excluding tert-OH is 1. The fourth-order valence-electron chi connectivity index (χ4n) is 3.84. The number of benzene rings is 2. The molecule has 0 unspecified atom stereocenters. The number of nitrogens with one attached hydrogen (secondary N) is 1. The van der Waals surface area contributed by atoms with Crippen molar-refractivity contribution in [3.63, 3.8) is 0 Å². The molecular weight excluding hydrogens is 485 g/mol. The predicted octanol–water partition coefficient (Wildman–Crippen LogP) is 5.21. The van der Waals surface area contributed by atoms with Gasteiger partial charge in [0, 0.05) is 36.4 Å². The Morgan fingerprint density at radius 2 is 1.97 bits per heavy atom. The van der Waals surface area contributed by atoms with E-state index in [-0.39, 0.29) is 30.1 Å². The molecule has 0 aliphatic rings. The molecule has 1 aromatic heterocycles. The van der Waals surface area contributed by atoms with Gasteiger partial charge in [0.05, 0.1) is 16.8 Å². The lowest BCUT2D eigenvalue weighted by molar-refractivity contribution is 0.0903. The molecule has 9 heteroatoms. The molecule has 36 heavy (non-hydrogen) atoms. The molecule has 0 aliphatic carbocycles. The minimum Gasteiger partial charge on any atom is -0.489 e. The van der Waals surface area contributed by atoms with E-state index in [2.05, 4.69) is 10.3 Å². The summed E-state index contributed by atoms with van der Waals surface area (Å²) in [6.07, 6.45) is 2.41. The maximum absolute atomic E-state index is 15.0. The molecule has 3 rings (SSSR count). The minimum atomic E-state index is -0.484. The maximum atomic E-state index is 15.0. The molecule has 2 aromatic carbocycles. The van der Waals surface area contributed by atoms with Gasteiger partial charge < -0.3 is 15.2 Å². The van der Waals surface area contributed by atoms with Crippen LogP contribution in [0.15, 0.2) is 42.6 Å². The molecule has 2 N–H and O–H groups in total. The Bertz CT molecular complexity index is 1240. The molecule has 7 nitrogen and oxygen atoms in total. The molecule has 192 valence electrons. The zero-order valence-corrected chi connectivity index (χ0v) is 21.6. The zero-order chi connectivity index (χ0) is 26.4. The third kappa shape index (κ3) is 6.71. The van der Waals surface area contributed by atoms with E-state index in [1.54, 1.807) is 38.1 Å². The van der Waals surface area contributed by atoms with Crippen molar-refractivity contribution in [3.05, 3.63) is 70.4 Å². The zero-order valence-electron chi connectivity index (χ0n) is 20.8. The van der Waals surface area contributed by atoms with Crippen LogP contribution in [-0.2, 0) is 6.42 Å². The average molecular weight is 516 g/mol. The summed E-state index contributed by atoms with van der Waals surface area (Å²) in [5.74, 6) is 0.0295. The summed E-state index contributed by atoms with van der Waals surface area (Å²) in [5.41, 5.74) is 1.66. The fourth-order valence-corrected chi connectivity index (χ4v) is 4.07. The monoisotopic (exact) mass is 515 g/mol. The number of hydrogen-bond acceptors (Lipinski definition) is 5. The molecule has 0 spiro atoms. The number of halogens is 2. The SMILES string of the molecule is CCC(=O)n1cc(-c2ccc(C[C@@H](CCO)NC(=O)c3ccc(OC(C)C)c(Cl)c3)cc2F)nc1C. The van der Waals surface area contributed by atoms with Crippen LogP contribution in [0.5, 0.6) is 5.75 Å². The quantitative estimate of drug-likeness (QED) is 0.386. The van der Waals surface area contributed by atoms with E-state index in [9.17, 15) is 19.1 Å². The van der Waals surface area contributed by atoms with Gasteiger partial charge in [0.2, 0.25) is 5.91 Å². The van der Waals surface area contributed by atoms with Crippen molar-refractivity contribution in [3.8, 4) is 17.0 Å². The van der Waals surface area contributed by atoms with E-state index in [0.717, 1.165) is 0 Å². The second-order valence-corrected chi connectivity index (χ2v) is 9.21. The number of nitrogens with zero attached hydrogens (tertiary/aromatic N) is 2. The first-order valence-electron chi connectivity index (χ1n) is 11.9. The molecule has 0 aliphatic heterocycles. The third-order valence-corrected chi connectivity index (χ3v) is 5.91. The van der Waals surface area contributed by atoms with Gasteiger partial charge in [-0.1, -0.05) is 24.6 Å². The summed E-state index contributed by atoms with van der Waals surface area (Å²) in [5, 5.41) is 12.7. The number of amides is 1.